The van der Waals surface area contributed by atoms with Crippen LogP contribution in [0, 0.1) is 0 Å². The van der Waals surface area contributed by atoms with Gasteiger partial charge in [0.2, 0.25) is 11.7 Å². The lowest BCUT2D eigenvalue weighted by molar-refractivity contribution is 0.698. The number of thiophene rings is 1. The minimum absolute atomic E-state index is 0.0520. The number of hydrogen-bond acceptors (Lipinski definition) is 5. The third-order valence-corrected chi connectivity index (χ3v) is 6.50. The van der Waals surface area contributed by atoms with E-state index < -0.39 is 0 Å². The van der Waals surface area contributed by atoms with E-state index in [9.17, 15) is 4.79 Å². The van der Waals surface area contributed by atoms with E-state index in [0.717, 1.165) is 41.6 Å². The molecule has 0 saturated carbocycles. The number of nitrogens with one attached hydrogen (secondary N) is 1. The molecule has 0 saturated heterocycles. The highest BCUT2D eigenvalue weighted by Gasteiger charge is 2.24. The Balaban J connectivity index is 1.85. The number of rotatable bonds is 4. The van der Waals surface area contributed by atoms with Crippen LogP contribution >= 0.6 is 11.3 Å². The third kappa shape index (κ3) is 2.56. The maximum absolute atomic E-state index is 13.5. The molecule has 4 aromatic rings. The van der Waals surface area contributed by atoms with Gasteiger partial charge in [-0.15, -0.1) is 21.5 Å². The Labute approximate surface area is 160 Å². The first kappa shape index (κ1) is 16.5. The molecule has 1 aromatic carbocycles. The van der Waals surface area contributed by atoms with Gasteiger partial charge in [-0.05, 0) is 43.7 Å². The Morgan fingerprint density at radius 3 is 2.78 bits per heavy atom. The lowest BCUT2D eigenvalue weighted by Crippen LogP contribution is -2.24. The highest BCUT2D eigenvalue weighted by Crippen LogP contribution is 2.35. The van der Waals surface area contributed by atoms with Crippen molar-refractivity contribution >= 4 is 33.3 Å². The Bertz CT molecular complexity index is 1190. The summed E-state index contributed by atoms with van der Waals surface area (Å²) < 4.78 is 3.80. The van der Waals surface area contributed by atoms with Gasteiger partial charge in [0, 0.05) is 11.4 Å². The SMILES string of the molecule is CCNc1nnc2n(Cc3ccccc3)c(=O)c3c4c(sc3n12)CCCC4. The van der Waals surface area contributed by atoms with Crippen molar-refractivity contribution in [2.24, 2.45) is 0 Å². The summed E-state index contributed by atoms with van der Waals surface area (Å²) >= 11 is 1.73. The van der Waals surface area contributed by atoms with E-state index in [1.165, 1.54) is 16.9 Å². The molecule has 3 aromatic heterocycles. The Hall–Kier alpha value is -2.67. The second-order valence-corrected chi connectivity index (χ2v) is 8.04. The van der Waals surface area contributed by atoms with Gasteiger partial charge in [-0.25, -0.2) is 4.40 Å². The normalized spacial score (nSPS) is 14.0. The number of hydrogen-bond donors (Lipinski definition) is 1. The molecule has 0 fully saturated rings. The summed E-state index contributed by atoms with van der Waals surface area (Å²) in [5.74, 6) is 1.31. The van der Waals surface area contributed by atoms with Crippen molar-refractivity contribution in [1.82, 2.24) is 19.2 Å². The van der Waals surface area contributed by atoms with Crippen molar-refractivity contribution in [3.63, 3.8) is 0 Å². The molecule has 0 radical (unpaired) electrons. The van der Waals surface area contributed by atoms with Gasteiger partial charge in [0.25, 0.3) is 5.56 Å². The monoisotopic (exact) mass is 379 g/mol. The summed E-state index contributed by atoms with van der Waals surface area (Å²) in [6, 6.07) is 10.1. The van der Waals surface area contributed by atoms with Crippen LogP contribution in [0.3, 0.4) is 0 Å². The molecule has 1 N–H and O–H groups in total. The summed E-state index contributed by atoms with van der Waals surface area (Å²) in [5.41, 5.74) is 2.38. The van der Waals surface area contributed by atoms with E-state index in [-0.39, 0.29) is 5.56 Å². The third-order valence-electron chi connectivity index (χ3n) is 5.22. The quantitative estimate of drug-likeness (QED) is 0.590. The van der Waals surface area contributed by atoms with E-state index >= 15 is 0 Å². The fourth-order valence-corrected chi connectivity index (χ4v) is 5.35. The maximum atomic E-state index is 13.5. The fraction of sp³-hybridized carbons (Fsp3) is 0.350. The molecule has 7 heteroatoms. The predicted molar refractivity (Wildman–Crippen MR) is 109 cm³/mol. The topological polar surface area (TPSA) is 64.2 Å². The summed E-state index contributed by atoms with van der Waals surface area (Å²) in [7, 11) is 0. The van der Waals surface area contributed by atoms with E-state index in [1.807, 2.05) is 41.7 Å². The molecular formula is C20H21N5OS. The van der Waals surface area contributed by atoms with E-state index in [2.05, 4.69) is 15.5 Å². The second-order valence-electron chi connectivity index (χ2n) is 6.96. The molecule has 6 nitrogen and oxygen atoms in total. The largest absolute Gasteiger partial charge is 0.354 e. The van der Waals surface area contributed by atoms with Crippen molar-refractivity contribution in [2.75, 3.05) is 11.9 Å². The van der Waals surface area contributed by atoms with E-state index in [1.54, 1.807) is 15.9 Å². The second kappa shape index (κ2) is 6.49. The first-order chi connectivity index (χ1) is 13.3. The standard InChI is InChI=1S/C20H21N5OS/c1-2-21-19-22-23-20-24(12-13-8-4-3-5-9-13)17(26)16-14-10-6-7-11-15(14)27-18(16)25(19)20/h3-5,8-9H,2,6-7,10-12H2,1H3,(H,21,22). The summed E-state index contributed by atoms with van der Waals surface area (Å²) in [6.07, 6.45) is 4.40. The van der Waals surface area contributed by atoms with Crippen LogP contribution in [-0.4, -0.2) is 25.7 Å². The molecule has 3 heterocycles. The summed E-state index contributed by atoms with van der Waals surface area (Å²) in [6.45, 7) is 3.29. The van der Waals surface area contributed by atoms with Gasteiger partial charge in [0.15, 0.2) is 0 Å². The zero-order chi connectivity index (χ0) is 18.4. The Kier molecular flexibility index (Phi) is 3.97. The Morgan fingerprint density at radius 1 is 1.15 bits per heavy atom. The number of aromatic nitrogens is 4. The van der Waals surface area contributed by atoms with Crippen LogP contribution in [0.2, 0.25) is 0 Å². The molecule has 1 aliphatic rings. The highest BCUT2D eigenvalue weighted by atomic mass is 32.1. The molecule has 0 spiro atoms. The molecular weight excluding hydrogens is 358 g/mol. The minimum atomic E-state index is 0.0520. The number of nitrogens with zero attached hydrogens (tertiary/aromatic N) is 4. The maximum Gasteiger partial charge on any atom is 0.264 e. The summed E-state index contributed by atoms with van der Waals surface area (Å²) in [5, 5.41) is 12.9. The summed E-state index contributed by atoms with van der Waals surface area (Å²) in [4.78, 5) is 15.8. The van der Waals surface area contributed by atoms with Crippen LogP contribution < -0.4 is 10.9 Å². The van der Waals surface area contributed by atoms with E-state index in [0.29, 0.717) is 18.3 Å². The highest BCUT2D eigenvalue weighted by molar-refractivity contribution is 7.19. The van der Waals surface area contributed by atoms with Crippen molar-refractivity contribution < 1.29 is 0 Å². The van der Waals surface area contributed by atoms with Crippen molar-refractivity contribution in [3.8, 4) is 0 Å². The van der Waals surface area contributed by atoms with Gasteiger partial charge in [0.1, 0.15) is 4.83 Å². The number of anilines is 1. The van der Waals surface area contributed by atoms with E-state index in [4.69, 9.17) is 0 Å². The van der Waals surface area contributed by atoms with Crippen molar-refractivity contribution in [3.05, 3.63) is 56.7 Å². The van der Waals surface area contributed by atoms with Crippen molar-refractivity contribution in [1.29, 1.82) is 0 Å². The molecule has 0 aliphatic heterocycles. The van der Waals surface area contributed by atoms with Gasteiger partial charge < -0.3 is 5.32 Å². The van der Waals surface area contributed by atoms with Gasteiger partial charge in [-0.1, -0.05) is 30.3 Å². The smallest absolute Gasteiger partial charge is 0.264 e. The van der Waals surface area contributed by atoms with Crippen LogP contribution in [0.25, 0.3) is 16.0 Å². The average molecular weight is 379 g/mol. The fourth-order valence-electron chi connectivity index (χ4n) is 3.97. The van der Waals surface area contributed by atoms with Gasteiger partial charge in [0.05, 0.1) is 11.9 Å². The van der Waals surface area contributed by atoms with Crippen LogP contribution in [0.1, 0.15) is 35.8 Å². The molecule has 0 amide bonds. The first-order valence-electron chi connectivity index (χ1n) is 9.48. The number of fused-ring (bicyclic) bond motifs is 5. The van der Waals surface area contributed by atoms with Crippen LogP contribution in [-0.2, 0) is 19.4 Å². The molecule has 27 heavy (non-hydrogen) atoms. The molecule has 138 valence electrons. The van der Waals surface area contributed by atoms with Gasteiger partial charge in [-0.3, -0.25) is 9.36 Å². The molecule has 0 atom stereocenters. The van der Waals surface area contributed by atoms with Crippen LogP contribution in [0.5, 0.6) is 0 Å². The Morgan fingerprint density at radius 2 is 1.96 bits per heavy atom. The van der Waals surface area contributed by atoms with Gasteiger partial charge in [-0.2, -0.15) is 0 Å². The molecule has 0 bridgehead atoms. The first-order valence-corrected chi connectivity index (χ1v) is 10.3. The lowest BCUT2D eigenvalue weighted by Gasteiger charge is -2.12. The lowest BCUT2D eigenvalue weighted by atomic mass is 9.97. The van der Waals surface area contributed by atoms with Gasteiger partial charge >= 0.3 is 0 Å². The average Bonchev–Trinajstić information content (AvgIpc) is 3.28. The molecule has 1 aliphatic carbocycles. The molecule has 0 unspecified atom stereocenters. The minimum Gasteiger partial charge on any atom is -0.354 e. The number of aryl methyl sites for hydroxylation is 2. The van der Waals surface area contributed by atoms with Crippen molar-refractivity contribution in [2.45, 2.75) is 39.2 Å². The van der Waals surface area contributed by atoms with Crippen LogP contribution in [0.15, 0.2) is 35.1 Å². The zero-order valence-corrected chi connectivity index (χ0v) is 16.1. The zero-order valence-electron chi connectivity index (χ0n) is 15.2. The molecule has 5 rings (SSSR count). The predicted octanol–water partition coefficient (Wildman–Crippen LogP) is 3.46. The number of benzene rings is 1. The van der Waals surface area contributed by atoms with Crippen LogP contribution in [0.4, 0.5) is 5.95 Å².